The minimum absolute atomic E-state index is 0.0223. The van der Waals surface area contributed by atoms with Gasteiger partial charge in [0.25, 0.3) is 0 Å². The minimum atomic E-state index is -3.52. The molecule has 0 amide bonds. The van der Waals surface area contributed by atoms with E-state index >= 15 is 0 Å². The predicted octanol–water partition coefficient (Wildman–Crippen LogP) is 0.471. The van der Waals surface area contributed by atoms with Crippen LogP contribution in [0.4, 0.5) is 0 Å². The summed E-state index contributed by atoms with van der Waals surface area (Å²) in [7, 11) is -3.52. The second kappa shape index (κ2) is 5.30. The maximum Gasteiger partial charge on any atom is 0.243 e. The van der Waals surface area contributed by atoms with E-state index in [-0.39, 0.29) is 10.5 Å². The number of aromatic carboxylic acids is 1. The van der Waals surface area contributed by atoms with Gasteiger partial charge in [0, 0.05) is 13.1 Å². The molecule has 1 saturated heterocycles. The molecule has 1 aromatic rings. The van der Waals surface area contributed by atoms with Crippen LogP contribution in [0.5, 0.6) is 0 Å². The fraction of sp³-hybridized carbons (Fsp3) is 0.462. The Labute approximate surface area is 112 Å². The van der Waals surface area contributed by atoms with Crippen molar-refractivity contribution in [3.05, 3.63) is 29.8 Å². The van der Waals surface area contributed by atoms with Crippen molar-refractivity contribution in [2.75, 3.05) is 13.1 Å². The molecular weight excluding hydrogens is 266 g/mol. The zero-order chi connectivity index (χ0) is 14.0. The number of hydrogen-bond acceptors (Lipinski definition) is 4. The van der Waals surface area contributed by atoms with Gasteiger partial charge in [-0.3, -0.25) is 0 Å². The van der Waals surface area contributed by atoms with E-state index < -0.39 is 16.0 Å². The molecule has 0 bridgehead atoms. The van der Waals surface area contributed by atoms with Crippen molar-refractivity contribution in [2.24, 2.45) is 5.92 Å². The summed E-state index contributed by atoms with van der Waals surface area (Å²) in [6.07, 6.45) is 1.90. The molecule has 1 aliphatic rings. The molecule has 0 saturated carbocycles. The second-order valence-corrected chi connectivity index (χ2v) is 6.86. The summed E-state index contributed by atoms with van der Waals surface area (Å²) in [4.78, 5) is 10.8. The molecule has 1 aliphatic heterocycles. The number of sulfonamides is 1. The van der Waals surface area contributed by atoms with Crippen molar-refractivity contribution >= 4 is 16.0 Å². The van der Waals surface area contributed by atoms with Crippen LogP contribution < -0.4 is 5.11 Å². The number of benzene rings is 1. The van der Waals surface area contributed by atoms with Crippen molar-refractivity contribution in [3.63, 3.8) is 0 Å². The summed E-state index contributed by atoms with van der Waals surface area (Å²) in [6.45, 7) is 3.07. The van der Waals surface area contributed by atoms with Crippen molar-refractivity contribution in [3.8, 4) is 0 Å². The first kappa shape index (κ1) is 14.0. The third-order valence-corrected chi connectivity index (χ3v) is 5.23. The van der Waals surface area contributed by atoms with E-state index in [1.165, 1.54) is 28.6 Å². The number of rotatable bonds is 3. The lowest BCUT2D eigenvalue weighted by Crippen LogP contribution is -2.39. The van der Waals surface area contributed by atoms with Gasteiger partial charge in [-0.2, -0.15) is 4.31 Å². The van der Waals surface area contributed by atoms with E-state index in [1.807, 2.05) is 6.92 Å². The van der Waals surface area contributed by atoms with Crippen LogP contribution in [0.25, 0.3) is 0 Å². The number of piperidine rings is 1. The van der Waals surface area contributed by atoms with Crippen LogP contribution in [0.2, 0.25) is 0 Å². The maximum absolute atomic E-state index is 12.4. The zero-order valence-electron chi connectivity index (χ0n) is 10.7. The minimum Gasteiger partial charge on any atom is -0.545 e. The first-order valence-corrected chi connectivity index (χ1v) is 7.67. The lowest BCUT2D eigenvalue weighted by molar-refractivity contribution is -0.255. The fourth-order valence-corrected chi connectivity index (χ4v) is 3.88. The molecule has 19 heavy (non-hydrogen) atoms. The largest absolute Gasteiger partial charge is 0.545 e. The smallest absolute Gasteiger partial charge is 0.243 e. The summed E-state index contributed by atoms with van der Waals surface area (Å²) < 4.78 is 26.2. The Balaban J connectivity index is 2.26. The first-order chi connectivity index (χ1) is 8.91. The Hall–Kier alpha value is -1.40. The highest BCUT2D eigenvalue weighted by atomic mass is 32.2. The average molecular weight is 282 g/mol. The molecule has 5 nitrogen and oxygen atoms in total. The Morgan fingerprint density at radius 1 is 1.32 bits per heavy atom. The third kappa shape index (κ3) is 2.96. The van der Waals surface area contributed by atoms with Crippen LogP contribution in [-0.4, -0.2) is 31.8 Å². The van der Waals surface area contributed by atoms with Crippen molar-refractivity contribution in [1.29, 1.82) is 0 Å². The van der Waals surface area contributed by atoms with Crippen LogP contribution >= 0.6 is 0 Å². The van der Waals surface area contributed by atoms with Crippen LogP contribution in [-0.2, 0) is 10.0 Å². The highest BCUT2D eigenvalue weighted by molar-refractivity contribution is 7.89. The topological polar surface area (TPSA) is 77.5 Å². The highest BCUT2D eigenvalue weighted by Crippen LogP contribution is 2.23. The number of nitrogens with zero attached hydrogens (tertiary/aromatic N) is 1. The van der Waals surface area contributed by atoms with E-state index in [4.69, 9.17) is 0 Å². The molecule has 0 radical (unpaired) electrons. The van der Waals surface area contributed by atoms with Gasteiger partial charge in [-0.25, -0.2) is 8.42 Å². The molecule has 6 heteroatoms. The number of carbonyl (C=O) groups is 1. The lowest BCUT2D eigenvalue weighted by atomic mass is 10.0. The number of carboxylic acids is 1. The standard InChI is InChI=1S/C13H17NO4S/c1-10-3-2-8-14(9-10)19(17,18)12-6-4-11(5-7-12)13(15)16/h4-7,10H,2-3,8-9H2,1H3,(H,15,16)/p-1/t10-/m0/s1. The average Bonchev–Trinajstić information content (AvgIpc) is 2.39. The molecule has 104 valence electrons. The summed E-state index contributed by atoms with van der Waals surface area (Å²) >= 11 is 0. The zero-order valence-corrected chi connectivity index (χ0v) is 11.5. The third-order valence-electron chi connectivity index (χ3n) is 3.35. The van der Waals surface area contributed by atoms with E-state index in [0.29, 0.717) is 19.0 Å². The maximum atomic E-state index is 12.4. The lowest BCUT2D eigenvalue weighted by Gasteiger charge is -2.30. The Morgan fingerprint density at radius 3 is 2.47 bits per heavy atom. The number of carbonyl (C=O) groups excluding carboxylic acids is 1. The van der Waals surface area contributed by atoms with Crippen LogP contribution in [0.1, 0.15) is 30.1 Å². The van der Waals surface area contributed by atoms with Gasteiger partial charge in [0.05, 0.1) is 10.9 Å². The monoisotopic (exact) mass is 282 g/mol. The van der Waals surface area contributed by atoms with Gasteiger partial charge in [-0.15, -0.1) is 0 Å². The van der Waals surface area contributed by atoms with Crippen LogP contribution in [0.15, 0.2) is 29.2 Å². The van der Waals surface area contributed by atoms with E-state index in [0.717, 1.165) is 12.8 Å². The van der Waals surface area contributed by atoms with Crippen molar-refractivity contribution in [1.82, 2.24) is 4.31 Å². The predicted molar refractivity (Wildman–Crippen MR) is 67.9 cm³/mol. The summed E-state index contributed by atoms with van der Waals surface area (Å²) in [5.74, 6) is -0.957. The Bertz CT molecular complexity index is 565. The van der Waals surface area contributed by atoms with Gasteiger partial charge in [-0.1, -0.05) is 19.1 Å². The first-order valence-electron chi connectivity index (χ1n) is 6.23. The Morgan fingerprint density at radius 2 is 1.95 bits per heavy atom. The van der Waals surface area contributed by atoms with Crippen LogP contribution in [0, 0.1) is 5.92 Å². The molecule has 1 atom stereocenters. The summed E-state index contributed by atoms with van der Waals surface area (Å²) in [6, 6.07) is 5.16. The molecular formula is C13H16NO4S-. The van der Waals surface area contributed by atoms with Gasteiger partial charge < -0.3 is 9.90 Å². The molecule has 0 aliphatic carbocycles. The molecule has 2 rings (SSSR count). The van der Waals surface area contributed by atoms with Gasteiger partial charge in [0.15, 0.2) is 0 Å². The quantitative estimate of drug-likeness (QED) is 0.807. The van der Waals surface area contributed by atoms with Crippen molar-refractivity contribution < 1.29 is 18.3 Å². The normalized spacial score (nSPS) is 21.2. The van der Waals surface area contributed by atoms with E-state index in [2.05, 4.69) is 0 Å². The van der Waals surface area contributed by atoms with Gasteiger partial charge in [-0.05, 0) is 36.5 Å². The van der Waals surface area contributed by atoms with E-state index in [1.54, 1.807) is 0 Å². The highest BCUT2D eigenvalue weighted by Gasteiger charge is 2.28. The molecule has 0 N–H and O–H groups in total. The molecule has 1 fully saturated rings. The van der Waals surface area contributed by atoms with Gasteiger partial charge in [0.1, 0.15) is 0 Å². The summed E-state index contributed by atoms with van der Waals surface area (Å²) in [5, 5.41) is 10.6. The fourth-order valence-electron chi connectivity index (χ4n) is 2.28. The SMILES string of the molecule is C[C@H]1CCCN(S(=O)(=O)c2ccc(C(=O)[O-])cc2)C1. The Kier molecular flexibility index (Phi) is 3.91. The second-order valence-electron chi connectivity index (χ2n) is 4.92. The molecule has 1 aromatic carbocycles. The summed E-state index contributed by atoms with van der Waals surface area (Å²) in [5.41, 5.74) is -0.0223. The van der Waals surface area contributed by atoms with Crippen molar-refractivity contribution in [2.45, 2.75) is 24.7 Å². The molecule has 1 heterocycles. The number of hydrogen-bond donors (Lipinski definition) is 0. The van der Waals surface area contributed by atoms with Gasteiger partial charge in [0.2, 0.25) is 10.0 Å². The number of carboxylic acid groups (broad SMARTS) is 1. The van der Waals surface area contributed by atoms with Gasteiger partial charge >= 0.3 is 0 Å². The van der Waals surface area contributed by atoms with E-state index in [9.17, 15) is 18.3 Å². The van der Waals surface area contributed by atoms with Crippen LogP contribution in [0.3, 0.4) is 0 Å². The molecule has 0 spiro atoms. The molecule has 0 aromatic heterocycles. The molecule has 0 unspecified atom stereocenters.